The van der Waals surface area contributed by atoms with E-state index in [2.05, 4.69) is 20.2 Å². The lowest BCUT2D eigenvalue weighted by molar-refractivity contribution is 0.274. The Labute approximate surface area is 95.8 Å². The zero-order valence-corrected chi connectivity index (χ0v) is 9.65. The zero-order valence-electron chi connectivity index (χ0n) is 9.65. The van der Waals surface area contributed by atoms with Crippen LogP contribution in [0.15, 0.2) is 12.5 Å². The maximum atomic E-state index is 5.25. The van der Waals surface area contributed by atoms with Crippen LogP contribution in [0.5, 0.6) is 5.75 Å². The predicted molar refractivity (Wildman–Crippen MR) is 61.3 cm³/mol. The first-order valence-electron chi connectivity index (χ1n) is 5.66. The lowest BCUT2D eigenvalue weighted by Crippen LogP contribution is -2.28. The van der Waals surface area contributed by atoms with E-state index in [0.29, 0.717) is 0 Å². The van der Waals surface area contributed by atoms with E-state index in [-0.39, 0.29) is 0 Å². The Morgan fingerprint density at radius 2 is 2.38 bits per heavy atom. The smallest absolute Gasteiger partial charge is 0.159 e. The summed E-state index contributed by atoms with van der Waals surface area (Å²) in [6.07, 6.45) is 4.49. The van der Waals surface area contributed by atoms with Gasteiger partial charge in [0.05, 0.1) is 19.0 Å². The normalized spacial score (nSPS) is 18.1. The van der Waals surface area contributed by atoms with E-state index >= 15 is 0 Å². The summed E-state index contributed by atoms with van der Waals surface area (Å²) in [4.78, 5) is 10.6. The van der Waals surface area contributed by atoms with Crippen LogP contribution in [0.2, 0.25) is 0 Å². The number of ether oxygens (including phenoxy) is 1. The molecule has 0 saturated carbocycles. The van der Waals surface area contributed by atoms with Crippen LogP contribution >= 0.6 is 0 Å². The van der Waals surface area contributed by atoms with Crippen molar-refractivity contribution in [2.45, 2.75) is 13.0 Å². The van der Waals surface area contributed by atoms with Crippen molar-refractivity contribution in [1.29, 1.82) is 0 Å². The number of methoxy groups -OCH3 is 1. The van der Waals surface area contributed by atoms with Crippen LogP contribution in [0.4, 0.5) is 0 Å². The second-order valence-corrected chi connectivity index (χ2v) is 3.92. The lowest BCUT2D eigenvalue weighted by atomic mass is 10.3. The highest BCUT2D eigenvalue weighted by molar-refractivity contribution is 5.22. The predicted octanol–water partition coefficient (Wildman–Crippen LogP) is 0.280. The Bertz CT molecular complexity index is 324. The van der Waals surface area contributed by atoms with E-state index in [4.69, 9.17) is 4.74 Å². The second-order valence-electron chi connectivity index (χ2n) is 3.92. The highest BCUT2D eigenvalue weighted by atomic mass is 16.5. The monoisotopic (exact) mass is 222 g/mol. The minimum Gasteiger partial charge on any atom is -0.493 e. The van der Waals surface area contributed by atoms with E-state index in [1.165, 1.54) is 6.42 Å². The Balaban J connectivity index is 2.01. The molecule has 16 heavy (non-hydrogen) atoms. The molecule has 1 aliphatic rings. The molecule has 0 unspecified atom stereocenters. The van der Waals surface area contributed by atoms with Crippen LogP contribution in [0, 0.1) is 0 Å². The molecule has 0 aliphatic carbocycles. The number of hydrogen-bond donors (Lipinski definition) is 1. The summed E-state index contributed by atoms with van der Waals surface area (Å²) in [5, 5.41) is 3.39. The number of rotatable bonds is 3. The molecule has 1 saturated heterocycles. The fourth-order valence-electron chi connectivity index (χ4n) is 1.90. The third-order valence-corrected chi connectivity index (χ3v) is 2.78. The van der Waals surface area contributed by atoms with Gasteiger partial charge in [-0.15, -0.1) is 0 Å². The molecule has 88 valence electrons. The van der Waals surface area contributed by atoms with Crippen molar-refractivity contribution < 1.29 is 4.74 Å². The highest BCUT2D eigenvalue weighted by Gasteiger charge is 2.12. The molecule has 1 aromatic heterocycles. The number of aromatic nitrogens is 2. The topological polar surface area (TPSA) is 50.3 Å². The quantitative estimate of drug-likeness (QED) is 0.796. The van der Waals surface area contributed by atoms with E-state index in [9.17, 15) is 0 Å². The zero-order chi connectivity index (χ0) is 11.2. The van der Waals surface area contributed by atoms with E-state index < -0.39 is 0 Å². The van der Waals surface area contributed by atoms with Crippen molar-refractivity contribution in [3.8, 4) is 5.75 Å². The summed E-state index contributed by atoms with van der Waals surface area (Å²) in [6.45, 7) is 5.17. The third-order valence-electron chi connectivity index (χ3n) is 2.78. The molecule has 0 spiro atoms. The van der Waals surface area contributed by atoms with E-state index in [1.807, 2.05) is 0 Å². The lowest BCUT2D eigenvalue weighted by Gasteiger charge is -2.19. The van der Waals surface area contributed by atoms with Gasteiger partial charge in [0, 0.05) is 19.6 Å². The van der Waals surface area contributed by atoms with Gasteiger partial charge in [0.15, 0.2) is 5.75 Å². The average molecular weight is 222 g/mol. The largest absolute Gasteiger partial charge is 0.493 e. The van der Waals surface area contributed by atoms with E-state index in [1.54, 1.807) is 19.6 Å². The van der Waals surface area contributed by atoms with Gasteiger partial charge in [-0.25, -0.2) is 9.97 Å². The summed E-state index contributed by atoms with van der Waals surface area (Å²) in [6, 6.07) is 0. The van der Waals surface area contributed by atoms with Crippen LogP contribution in [0.3, 0.4) is 0 Å². The molecule has 0 amide bonds. The summed E-state index contributed by atoms with van der Waals surface area (Å²) in [5.41, 5.74) is 0.972. The SMILES string of the molecule is COc1cncnc1CN1CCCNCC1. The van der Waals surface area contributed by atoms with Gasteiger partial charge in [-0.05, 0) is 19.5 Å². The van der Waals surface area contributed by atoms with Crippen LogP contribution in [0.1, 0.15) is 12.1 Å². The van der Waals surface area contributed by atoms with Crippen LogP contribution in [0.25, 0.3) is 0 Å². The third kappa shape index (κ3) is 2.90. The average Bonchev–Trinajstić information content (AvgIpc) is 2.58. The van der Waals surface area contributed by atoms with Crippen molar-refractivity contribution in [2.75, 3.05) is 33.3 Å². The summed E-state index contributed by atoms with van der Waals surface area (Å²) < 4.78 is 5.25. The van der Waals surface area contributed by atoms with Gasteiger partial charge in [-0.2, -0.15) is 0 Å². The van der Waals surface area contributed by atoms with Gasteiger partial charge in [-0.3, -0.25) is 4.90 Å². The van der Waals surface area contributed by atoms with Crippen molar-refractivity contribution in [1.82, 2.24) is 20.2 Å². The van der Waals surface area contributed by atoms with Gasteiger partial charge in [0.1, 0.15) is 6.33 Å². The fraction of sp³-hybridized carbons (Fsp3) is 0.636. The highest BCUT2D eigenvalue weighted by Crippen LogP contribution is 2.15. The number of nitrogens with one attached hydrogen (secondary N) is 1. The summed E-state index contributed by atoms with van der Waals surface area (Å²) in [5.74, 6) is 0.778. The fourth-order valence-corrected chi connectivity index (χ4v) is 1.90. The standard InChI is InChI=1S/C11H18N4O/c1-16-11-7-13-9-14-10(11)8-15-5-2-3-12-4-6-15/h7,9,12H,2-6,8H2,1H3. The van der Waals surface area contributed by atoms with Crippen LogP contribution in [-0.2, 0) is 6.54 Å². The maximum absolute atomic E-state index is 5.25. The molecule has 1 aromatic rings. The summed E-state index contributed by atoms with van der Waals surface area (Å²) in [7, 11) is 1.66. The van der Waals surface area contributed by atoms with Crippen LogP contribution < -0.4 is 10.1 Å². The van der Waals surface area contributed by atoms with Gasteiger partial charge >= 0.3 is 0 Å². The Hall–Kier alpha value is -1.20. The van der Waals surface area contributed by atoms with Gasteiger partial charge in [0.25, 0.3) is 0 Å². The first-order valence-corrected chi connectivity index (χ1v) is 5.66. The molecular formula is C11H18N4O. The molecule has 0 radical (unpaired) electrons. The second kappa shape index (κ2) is 5.77. The van der Waals surface area contributed by atoms with Crippen molar-refractivity contribution in [3.05, 3.63) is 18.2 Å². The molecule has 2 heterocycles. The first kappa shape index (κ1) is 11.3. The van der Waals surface area contributed by atoms with Gasteiger partial charge in [-0.1, -0.05) is 0 Å². The summed E-state index contributed by atoms with van der Waals surface area (Å²) >= 11 is 0. The minimum absolute atomic E-state index is 0.778. The molecule has 2 rings (SSSR count). The molecule has 5 heteroatoms. The minimum atomic E-state index is 0.778. The number of nitrogens with zero attached hydrogens (tertiary/aromatic N) is 3. The molecule has 5 nitrogen and oxygen atoms in total. The molecule has 1 N–H and O–H groups in total. The Kier molecular flexibility index (Phi) is 4.07. The van der Waals surface area contributed by atoms with Crippen molar-refractivity contribution >= 4 is 0 Å². The Morgan fingerprint density at radius 3 is 3.25 bits per heavy atom. The van der Waals surface area contributed by atoms with Crippen molar-refractivity contribution in [2.24, 2.45) is 0 Å². The van der Waals surface area contributed by atoms with E-state index in [0.717, 1.165) is 44.2 Å². The Morgan fingerprint density at radius 1 is 1.44 bits per heavy atom. The van der Waals surface area contributed by atoms with Crippen molar-refractivity contribution in [3.63, 3.8) is 0 Å². The molecule has 0 atom stereocenters. The molecule has 1 fully saturated rings. The first-order chi connectivity index (χ1) is 7.90. The molecular weight excluding hydrogens is 204 g/mol. The van der Waals surface area contributed by atoms with Gasteiger partial charge < -0.3 is 10.1 Å². The molecule has 0 bridgehead atoms. The molecule has 0 aromatic carbocycles. The maximum Gasteiger partial charge on any atom is 0.159 e. The van der Waals surface area contributed by atoms with Crippen LogP contribution in [-0.4, -0.2) is 48.2 Å². The van der Waals surface area contributed by atoms with Gasteiger partial charge in [0.2, 0.25) is 0 Å². The number of hydrogen-bond acceptors (Lipinski definition) is 5. The molecule has 1 aliphatic heterocycles.